The first kappa shape index (κ1) is 17.2. The zero-order valence-corrected chi connectivity index (χ0v) is 12.9. The maximum Gasteiger partial charge on any atom is 0.431 e. The summed E-state index contributed by atoms with van der Waals surface area (Å²) in [4.78, 5) is 23.3. The molecule has 9 heteroatoms. The van der Waals surface area contributed by atoms with Gasteiger partial charge in [0.2, 0.25) is 0 Å². The van der Waals surface area contributed by atoms with Gasteiger partial charge in [-0.1, -0.05) is 22.0 Å². The molecule has 4 nitrogen and oxygen atoms in total. The summed E-state index contributed by atoms with van der Waals surface area (Å²) in [5.74, 6) is -1.72. The number of hydrogen-bond donors (Lipinski definition) is 1. The lowest BCUT2D eigenvalue weighted by Gasteiger charge is -2.17. The Bertz CT molecular complexity index is 831. The Hall–Kier alpha value is -2.16. The van der Waals surface area contributed by atoms with Gasteiger partial charge < -0.3 is 5.73 Å². The third-order valence-corrected chi connectivity index (χ3v) is 3.81. The van der Waals surface area contributed by atoms with Gasteiger partial charge in [0.05, 0.1) is 6.54 Å². The van der Waals surface area contributed by atoms with Crippen LogP contribution in [0, 0.1) is 5.82 Å². The quantitative estimate of drug-likeness (QED) is 0.816. The van der Waals surface area contributed by atoms with Gasteiger partial charge in [0.1, 0.15) is 17.1 Å². The summed E-state index contributed by atoms with van der Waals surface area (Å²) < 4.78 is 52.9. The number of carbonyl (C=O) groups excluding carboxylic acids is 1. The molecule has 0 saturated carbocycles. The topological polar surface area (TPSA) is 65.1 Å². The van der Waals surface area contributed by atoms with Crippen LogP contribution >= 0.6 is 15.9 Å². The number of hydrogen-bond acceptors (Lipinski definition) is 2. The first-order valence-electron chi connectivity index (χ1n) is 6.16. The van der Waals surface area contributed by atoms with Gasteiger partial charge in [0, 0.05) is 4.47 Å². The average molecular weight is 393 g/mol. The number of amides is 1. The van der Waals surface area contributed by atoms with Crippen molar-refractivity contribution in [3.63, 3.8) is 0 Å². The molecular weight excluding hydrogens is 384 g/mol. The monoisotopic (exact) mass is 392 g/mol. The van der Waals surface area contributed by atoms with Gasteiger partial charge in [-0.2, -0.15) is 13.2 Å². The van der Waals surface area contributed by atoms with E-state index in [1.165, 1.54) is 6.07 Å². The van der Waals surface area contributed by atoms with Crippen molar-refractivity contribution in [1.82, 2.24) is 4.57 Å². The molecule has 0 saturated heterocycles. The summed E-state index contributed by atoms with van der Waals surface area (Å²) >= 11 is 3.02. The maximum atomic E-state index is 13.1. The van der Waals surface area contributed by atoms with E-state index in [0.717, 1.165) is 18.2 Å². The lowest BCUT2D eigenvalue weighted by Crippen LogP contribution is -2.34. The molecule has 2 N–H and O–H groups in total. The summed E-state index contributed by atoms with van der Waals surface area (Å²) in [6.45, 7) is -0.504. The highest BCUT2D eigenvalue weighted by Crippen LogP contribution is 2.29. The van der Waals surface area contributed by atoms with Gasteiger partial charge in [-0.25, -0.2) is 4.39 Å². The fourth-order valence-electron chi connectivity index (χ4n) is 1.99. The Labute approximate surface area is 135 Å². The molecule has 0 atom stereocenters. The summed E-state index contributed by atoms with van der Waals surface area (Å²) in [7, 11) is 0. The minimum atomic E-state index is -4.80. The molecule has 23 heavy (non-hydrogen) atoms. The van der Waals surface area contributed by atoms with E-state index in [1.807, 2.05) is 0 Å². The zero-order chi connectivity index (χ0) is 17.4. The smallest absolute Gasteiger partial charge is 0.365 e. The normalized spacial score (nSPS) is 11.5. The lowest BCUT2D eigenvalue weighted by atomic mass is 10.1. The first-order chi connectivity index (χ1) is 10.6. The molecule has 1 heterocycles. The Morgan fingerprint density at radius 1 is 1.22 bits per heavy atom. The summed E-state index contributed by atoms with van der Waals surface area (Å²) in [5.41, 5.74) is 2.27. The van der Waals surface area contributed by atoms with Crippen LogP contribution in [0.25, 0.3) is 0 Å². The van der Waals surface area contributed by atoms with Crippen molar-refractivity contribution in [3.05, 3.63) is 67.8 Å². The Morgan fingerprint density at radius 3 is 2.39 bits per heavy atom. The predicted octanol–water partition coefficient (Wildman–Crippen LogP) is 2.92. The van der Waals surface area contributed by atoms with Gasteiger partial charge in [0.15, 0.2) is 0 Å². The van der Waals surface area contributed by atoms with Gasteiger partial charge in [-0.05, 0) is 29.8 Å². The summed E-state index contributed by atoms with van der Waals surface area (Å²) in [6, 6.07) is 4.70. The largest absolute Gasteiger partial charge is 0.431 e. The fourth-order valence-corrected chi connectivity index (χ4v) is 2.47. The van der Waals surface area contributed by atoms with Crippen LogP contribution in [0.3, 0.4) is 0 Å². The number of aromatic nitrogens is 1. The molecule has 0 aliphatic rings. The molecule has 0 radical (unpaired) electrons. The number of nitrogens with zero attached hydrogens (tertiary/aromatic N) is 1. The van der Waals surface area contributed by atoms with E-state index >= 15 is 0 Å². The summed E-state index contributed by atoms with van der Waals surface area (Å²) in [6.07, 6.45) is -4.80. The SMILES string of the molecule is NC(=O)c1ccc(C(F)(F)F)n(Cc2ccc(F)cc2Br)c1=O. The second-order valence-corrected chi connectivity index (χ2v) is 5.48. The molecule has 2 aromatic rings. The predicted molar refractivity (Wildman–Crippen MR) is 77.4 cm³/mol. The minimum Gasteiger partial charge on any atom is -0.365 e. The van der Waals surface area contributed by atoms with Crippen molar-refractivity contribution in [2.24, 2.45) is 5.73 Å². The number of nitrogens with two attached hydrogens (primary N) is 1. The number of carbonyl (C=O) groups is 1. The number of pyridine rings is 1. The zero-order valence-electron chi connectivity index (χ0n) is 11.3. The van der Waals surface area contributed by atoms with E-state index in [9.17, 15) is 27.2 Å². The highest BCUT2D eigenvalue weighted by Gasteiger charge is 2.35. The van der Waals surface area contributed by atoms with Crippen LogP contribution in [0.5, 0.6) is 0 Å². The molecule has 0 spiro atoms. The molecule has 1 aromatic carbocycles. The minimum absolute atomic E-state index is 0.196. The standard InChI is InChI=1S/C14H9BrF4N2O2/c15-10-5-8(16)2-1-7(10)6-21-11(14(17,18)19)4-3-9(12(20)22)13(21)23/h1-5H,6H2,(H2,20,22). The van der Waals surface area contributed by atoms with Gasteiger partial charge >= 0.3 is 6.18 Å². The van der Waals surface area contributed by atoms with E-state index in [4.69, 9.17) is 5.73 Å². The third kappa shape index (κ3) is 3.61. The van der Waals surface area contributed by atoms with Crippen LogP contribution < -0.4 is 11.3 Å². The second kappa shape index (κ2) is 6.15. The number of rotatable bonds is 3. The van der Waals surface area contributed by atoms with Crippen molar-refractivity contribution in [2.75, 3.05) is 0 Å². The molecule has 1 amide bonds. The van der Waals surface area contributed by atoms with Crippen LogP contribution in [0.4, 0.5) is 17.6 Å². The van der Waals surface area contributed by atoms with Gasteiger partial charge in [-0.15, -0.1) is 0 Å². The van der Waals surface area contributed by atoms with Crippen LogP contribution in [-0.2, 0) is 12.7 Å². The highest BCUT2D eigenvalue weighted by molar-refractivity contribution is 9.10. The molecule has 1 aromatic heterocycles. The van der Waals surface area contributed by atoms with Crippen molar-refractivity contribution in [2.45, 2.75) is 12.7 Å². The number of benzene rings is 1. The van der Waals surface area contributed by atoms with Gasteiger partial charge in [0.25, 0.3) is 11.5 Å². The van der Waals surface area contributed by atoms with Crippen LogP contribution in [0.1, 0.15) is 21.6 Å². The molecule has 0 aliphatic carbocycles. The average Bonchev–Trinajstić information content (AvgIpc) is 2.41. The number of primary amides is 1. The molecular formula is C14H9BrF4N2O2. The first-order valence-corrected chi connectivity index (χ1v) is 6.95. The van der Waals surface area contributed by atoms with E-state index in [1.54, 1.807) is 0 Å². The Kier molecular flexibility index (Phi) is 4.60. The number of halogens is 5. The molecule has 0 aliphatic heterocycles. The van der Waals surface area contributed by atoms with E-state index in [0.29, 0.717) is 10.6 Å². The van der Waals surface area contributed by atoms with Crippen molar-refractivity contribution < 1.29 is 22.4 Å². The van der Waals surface area contributed by atoms with Crippen LogP contribution in [0.2, 0.25) is 0 Å². The third-order valence-electron chi connectivity index (χ3n) is 3.07. The van der Waals surface area contributed by atoms with E-state index < -0.39 is 41.3 Å². The molecule has 2 rings (SSSR count). The van der Waals surface area contributed by atoms with Crippen molar-refractivity contribution >= 4 is 21.8 Å². The van der Waals surface area contributed by atoms with Crippen molar-refractivity contribution in [3.8, 4) is 0 Å². The highest BCUT2D eigenvalue weighted by atomic mass is 79.9. The fraction of sp³-hybridized carbons (Fsp3) is 0.143. The van der Waals surface area contributed by atoms with Crippen molar-refractivity contribution in [1.29, 1.82) is 0 Å². The Balaban J connectivity index is 2.65. The maximum absolute atomic E-state index is 13.1. The number of alkyl halides is 3. The molecule has 0 unspecified atom stereocenters. The van der Waals surface area contributed by atoms with E-state index in [-0.39, 0.29) is 10.0 Å². The van der Waals surface area contributed by atoms with E-state index in [2.05, 4.69) is 15.9 Å². The van der Waals surface area contributed by atoms with Gasteiger partial charge in [-0.3, -0.25) is 14.2 Å². The van der Waals surface area contributed by atoms with Crippen LogP contribution in [0.15, 0.2) is 39.6 Å². The molecule has 0 fully saturated rings. The lowest BCUT2D eigenvalue weighted by molar-refractivity contribution is -0.144. The summed E-state index contributed by atoms with van der Waals surface area (Å²) in [5, 5.41) is 0. The molecule has 122 valence electrons. The Morgan fingerprint density at radius 2 is 1.87 bits per heavy atom. The second-order valence-electron chi connectivity index (χ2n) is 4.62. The van der Waals surface area contributed by atoms with Crippen LogP contribution in [-0.4, -0.2) is 10.5 Å². The molecule has 0 bridgehead atoms.